The molecule has 0 atom stereocenters. The molecule has 4 heteroatoms. The van der Waals surface area contributed by atoms with Gasteiger partial charge in [0.15, 0.2) is 0 Å². The zero-order valence-corrected chi connectivity index (χ0v) is 10.5. The molecule has 0 fully saturated rings. The van der Waals surface area contributed by atoms with Gasteiger partial charge in [-0.05, 0) is 37.3 Å². The van der Waals surface area contributed by atoms with Gasteiger partial charge in [-0.2, -0.15) is 0 Å². The summed E-state index contributed by atoms with van der Waals surface area (Å²) in [7, 11) is 0. The molecular formula is C15H14N2O2. The first kappa shape index (κ1) is 12.8. The zero-order chi connectivity index (χ0) is 13.8. The van der Waals surface area contributed by atoms with Crippen molar-refractivity contribution in [3.63, 3.8) is 0 Å². The Morgan fingerprint density at radius 1 is 1.00 bits per heavy atom. The van der Waals surface area contributed by atoms with E-state index in [-0.39, 0.29) is 5.91 Å². The molecule has 2 aromatic rings. The van der Waals surface area contributed by atoms with Gasteiger partial charge in [-0.1, -0.05) is 23.8 Å². The number of benzene rings is 2. The number of hydrogen-bond donors (Lipinski definition) is 2. The number of rotatable bonds is 3. The lowest BCUT2D eigenvalue weighted by molar-refractivity contribution is 0.1000. The van der Waals surface area contributed by atoms with Gasteiger partial charge in [-0.15, -0.1) is 0 Å². The second kappa shape index (κ2) is 5.35. The highest BCUT2D eigenvalue weighted by Crippen LogP contribution is 2.11. The Kier molecular flexibility index (Phi) is 3.61. The summed E-state index contributed by atoms with van der Waals surface area (Å²) in [6.07, 6.45) is 0. The van der Waals surface area contributed by atoms with E-state index in [2.05, 4.69) is 5.32 Å². The summed E-state index contributed by atoms with van der Waals surface area (Å²) < 4.78 is 0. The van der Waals surface area contributed by atoms with Crippen LogP contribution in [0, 0.1) is 6.92 Å². The first-order valence-electron chi connectivity index (χ1n) is 5.84. The summed E-state index contributed by atoms with van der Waals surface area (Å²) in [6, 6.07) is 13.8. The lowest BCUT2D eigenvalue weighted by Crippen LogP contribution is -2.15. The number of anilines is 1. The largest absolute Gasteiger partial charge is 0.366 e. The second-order valence-corrected chi connectivity index (χ2v) is 4.27. The predicted octanol–water partition coefficient (Wildman–Crippen LogP) is 2.35. The number of hydrogen-bond acceptors (Lipinski definition) is 2. The molecule has 0 aliphatic rings. The van der Waals surface area contributed by atoms with Crippen LogP contribution in [-0.4, -0.2) is 11.8 Å². The van der Waals surface area contributed by atoms with Crippen molar-refractivity contribution < 1.29 is 9.59 Å². The molecule has 0 heterocycles. The van der Waals surface area contributed by atoms with Crippen molar-refractivity contribution in [2.75, 3.05) is 5.32 Å². The van der Waals surface area contributed by atoms with Crippen LogP contribution in [0.25, 0.3) is 0 Å². The minimum absolute atomic E-state index is 0.271. The molecule has 2 rings (SSSR count). The number of nitrogens with two attached hydrogens (primary N) is 1. The third-order valence-electron chi connectivity index (χ3n) is 2.72. The van der Waals surface area contributed by atoms with Crippen LogP contribution < -0.4 is 11.1 Å². The van der Waals surface area contributed by atoms with Crippen molar-refractivity contribution >= 4 is 17.5 Å². The van der Waals surface area contributed by atoms with Gasteiger partial charge in [-0.25, -0.2) is 0 Å². The van der Waals surface area contributed by atoms with Crippen LogP contribution in [0.5, 0.6) is 0 Å². The Balaban J connectivity index is 2.18. The molecule has 0 aliphatic carbocycles. The van der Waals surface area contributed by atoms with E-state index in [9.17, 15) is 9.59 Å². The van der Waals surface area contributed by atoms with Gasteiger partial charge in [-0.3, -0.25) is 9.59 Å². The van der Waals surface area contributed by atoms with Crippen LogP contribution in [0.1, 0.15) is 26.3 Å². The molecule has 3 N–H and O–H groups in total. The zero-order valence-electron chi connectivity index (χ0n) is 10.5. The first-order chi connectivity index (χ1) is 9.06. The Labute approximate surface area is 111 Å². The Morgan fingerprint density at radius 2 is 1.63 bits per heavy atom. The average molecular weight is 254 g/mol. The topological polar surface area (TPSA) is 72.2 Å². The maximum Gasteiger partial charge on any atom is 0.255 e. The number of amides is 2. The summed E-state index contributed by atoms with van der Waals surface area (Å²) in [4.78, 5) is 23.1. The number of nitrogens with one attached hydrogen (secondary N) is 1. The predicted molar refractivity (Wildman–Crippen MR) is 74.1 cm³/mol. The molecule has 0 unspecified atom stereocenters. The SMILES string of the molecule is Cc1ccc(NC(=O)c2cccc(C(N)=O)c2)cc1. The lowest BCUT2D eigenvalue weighted by atomic mass is 10.1. The van der Waals surface area contributed by atoms with Crippen molar-refractivity contribution in [1.82, 2.24) is 0 Å². The van der Waals surface area contributed by atoms with E-state index in [1.54, 1.807) is 18.2 Å². The monoisotopic (exact) mass is 254 g/mol. The molecular weight excluding hydrogens is 240 g/mol. The van der Waals surface area contributed by atoms with Crippen LogP contribution in [0.3, 0.4) is 0 Å². The van der Waals surface area contributed by atoms with Gasteiger partial charge in [0.05, 0.1) is 0 Å². The van der Waals surface area contributed by atoms with Crippen molar-refractivity contribution in [1.29, 1.82) is 0 Å². The van der Waals surface area contributed by atoms with Crippen molar-refractivity contribution in [3.8, 4) is 0 Å². The molecule has 0 radical (unpaired) electrons. The van der Waals surface area contributed by atoms with E-state index < -0.39 is 5.91 Å². The maximum atomic E-state index is 12.0. The fraction of sp³-hybridized carbons (Fsp3) is 0.0667. The van der Waals surface area contributed by atoms with Gasteiger partial charge in [0.2, 0.25) is 5.91 Å². The molecule has 0 bridgehead atoms. The van der Waals surface area contributed by atoms with Gasteiger partial charge >= 0.3 is 0 Å². The molecule has 0 spiro atoms. The summed E-state index contributed by atoms with van der Waals surface area (Å²) in [5.41, 5.74) is 7.73. The third-order valence-corrected chi connectivity index (χ3v) is 2.72. The maximum absolute atomic E-state index is 12.0. The number of aryl methyl sites for hydroxylation is 1. The third kappa shape index (κ3) is 3.19. The number of primary amides is 1. The van der Waals surface area contributed by atoms with Gasteiger partial charge < -0.3 is 11.1 Å². The Hall–Kier alpha value is -2.62. The number of carbonyl (C=O) groups excluding carboxylic acids is 2. The minimum atomic E-state index is -0.551. The highest BCUT2D eigenvalue weighted by molar-refractivity contribution is 6.05. The summed E-state index contributed by atoms with van der Waals surface area (Å²) >= 11 is 0. The second-order valence-electron chi connectivity index (χ2n) is 4.27. The summed E-state index contributed by atoms with van der Waals surface area (Å²) in [6.45, 7) is 1.97. The van der Waals surface area contributed by atoms with Crippen LogP contribution in [0.4, 0.5) is 5.69 Å². The van der Waals surface area contributed by atoms with Crippen molar-refractivity contribution in [2.45, 2.75) is 6.92 Å². The van der Waals surface area contributed by atoms with E-state index in [0.717, 1.165) is 5.56 Å². The van der Waals surface area contributed by atoms with E-state index >= 15 is 0 Å². The highest BCUT2D eigenvalue weighted by Gasteiger charge is 2.08. The van der Waals surface area contributed by atoms with E-state index in [4.69, 9.17) is 5.73 Å². The molecule has 19 heavy (non-hydrogen) atoms. The molecule has 96 valence electrons. The molecule has 2 aromatic carbocycles. The summed E-state index contributed by atoms with van der Waals surface area (Å²) in [5.74, 6) is -0.822. The molecule has 0 aromatic heterocycles. The molecule has 0 saturated heterocycles. The van der Waals surface area contributed by atoms with Crippen LogP contribution in [-0.2, 0) is 0 Å². The summed E-state index contributed by atoms with van der Waals surface area (Å²) in [5, 5.41) is 2.76. The van der Waals surface area contributed by atoms with E-state index in [1.165, 1.54) is 6.07 Å². The van der Waals surface area contributed by atoms with E-state index in [1.807, 2.05) is 31.2 Å². The smallest absolute Gasteiger partial charge is 0.255 e. The molecule has 0 aliphatic heterocycles. The standard InChI is InChI=1S/C15H14N2O2/c1-10-5-7-13(8-6-10)17-15(19)12-4-2-3-11(9-12)14(16)18/h2-9H,1H3,(H2,16,18)(H,17,19). The van der Waals surface area contributed by atoms with Crippen LogP contribution in [0.2, 0.25) is 0 Å². The number of carbonyl (C=O) groups is 2. The normalized spacial score (nSPS) is 9.95. The first-order valence-corrected chi connectivity index (χ1v) is 5.84. The van der Waals surface area contributed by atoms with E-state index in [0.29, 0.717) is 16.8 Å². The fourth-order valence-corrected chi connectivity index (χ4v) is 1.65. The Morgan fingerprint density at radius 3 is 2.26 bits per heavy atom. The molecule has 2 amide bonds. The lowest BCUT2D eigenvalue weighted by Gasteiger charge is -2.06. The Bertz CT molecular complexity index is 618. The quantitative estimate of drug-likeness (QED) is 0.882. The highest BCUT2D eigenvalue weighted by atomic mass is 16.2. The van der Waals surface area contributed by atoms with Crippen LogP contribution in [0.15, 0.2) is 48.5 Å². The van der Waals surface area contributed by atoms with Gasteiger partial charge in [0.25, 0.3) is 5.91 Å². The van der Waals surface area contributed by atoms with Gasteiger partial charge in [0.1, 0.15) is 0 Å². The average Bonchev–Trinajstić information content (AvgIpc) is 2.41. The molecule has 0 saturated carbocycles. The minimum Gasteiger partial charge on any atom is -0.366 e. The van der Waals surface area contributed by atoms with Crippen molar-refractivity contribution in [3.05, 3.63) is 65.2 Å². The molecule has 4 nitrogen and oxygen atoms in total. The van der Waals surface area contributed by atoms with Crippen molar-refractivity contribution in [2.24, 2.45) is 5.73 Å². The fourth-order valence-electron chi connectivity index (χ4n) is 1.65. The van der Waals surface area contributed by atoms with Crippen LogP contribution >= 0.6 is 0 Å². The van der Waals surface area contributed by atoms with Gasteiger partial charge in [0, 0.05) is 16.8 Å².